The molecular formula is C16H21N3O5. The highest BCUT2D eigenvalue weighted by atomic mass is 16.5. The van der Waals surface area contributed by atoms with Crippen LogP contribution in [0.25, 0.3) is 0 Å². The highest BCUT2D eigenvalue weighted by molar-refractivity contribution is 6.05. The third-order valence-electron chi connectivity index (χ3n) is 3.71. The number of carbonyl (C=O) groups excluding carboxylic acids is 3. The van der Waals surface area contributed by atoms with Gasteiger partial charge in [-0.15, -0.1) is 0 Å². The normalized spacial score (nSPS) is 16.9. The number of amides is 4. The molecule has 0 spiro atoms. The molecule has 0 radical (unpaired) electrons. The maximum absolute atomic E-state index is 12.2. The summed E-state index contributed by atoms with van der Waals surface area (Å²) in [5.74, 6) is -0.0601. The number of hydrogen-bond donors (Lipinski definition) is 3. The second-order valence-electron chi connectivity index (χ2n) is 5.37. The number of nitrogens with one attached hydrogen (secondary N) is 2. The Morgan fingerprint density at radius 1 is 1.33 bits per heavy atom. The van der Waals surface area contributed by atoms with Gasteiger partial charge in [-0.25, -0.2) is 4.79 Å². The van der Waals surface area contributed by atoms with Crippen molar-refractivity contribution in [1.82, 2.24) is 15.5 Å². The smallest absolute Gasteiger partial charge is 0.324 e. The zero-order chi connectivity index (χ0) is 17.5. The van der Waals surface area contributed by atoms with Crippen LogP contribution >= 0.6 is 0 Å². The molecule has 24 heavy (non-hydrogen) atoms. The molecule has 130 valence electrons. The molecule has 1 atom stereocenters. The number of benzene rings is 1. The summed E-state index contributed by atoms with van der Waals surface area (Å²) in [4.78, 5) is 36.9. The first kappa shape index (κ1) is 17.7. The van der Waals surface area contributed by atoms with E-state index in [0.29, 0.717) is 6.42 Å². The number of nitrogens with zero attached hydrogens (tertiary/aromatic N) is 1. The second-order valence-corrected chi connectivity index (χ2v) is 5.37. The van der Waals surface area contributed by atoms with Gasteiger partial charge in [0.15, 0.2) is 0 Å². The van der Waals surface area contributed by atoms with Crippen LogP contribution in [0, 0.1) is 0 Å². The molecule has 8 heteroatoms. The van der Waals surface area contributed by atoms with Crippen LogP contribution in [0.5, 0.6) is 5.75 Å². The topological polar surface area (TPSA) is 108 Å². The Hall–Kier alpha value is -2.61. The number of carbonyl (C=O) groups is 3. The van der Waals surface area contributed by atoms with E-state index in [9.17, 15) is 14.4 Å². The quantitative estimate of drug-likeness (QED) is 0.563. The monoisotopic (exact) mass is 335 g/mol. The summed E-state index contributed by atoms with van der Waals surface area (Å²) < 4.78 is 5.08. The van der Waals surface area contributed by atoms with Crippen molar-refractivity contribution in [2.45, 2.75) is 18.9 Å². The molecule has 0 saturated carbocycles. The predicted molar refractivity (Wildman–Crippen MR) is 85.4 cm³/mol. The molecule has 1 unspecified atom stereocenters. The van der Waals surface area contributed by atoms with Crippen molar-refractivity contribution in [2.24, 2.45) is 0 Å². The predicted octanol–water partition coefficient (Wildman–Crippen LogP) is -0.343. The number of aliphatic hydroxyl groups excluding tert-OH is 1. The van der Waals surface area contributed by atoms with E-state index < -0.39 is 18.0 Å². The molecule has 1 fully saturated rings. The van der Waals surface area contributed by atoms with Crippen LogP contribution in [0.3, 0.4) is 0 Å². The Kier molecular flexibility index (Phi) is 6.14. The number of ether oxygens (including phenoxy) is 1. The van der Waals surface area contributed by atoms with Gasteiger partial charge < -0.3 is 20.5 Å². The lowest BCUT2D eigenvalue weighted by atomic mass is 10.1. The van der Waals surface area contributed by atoms with E-state index >= 15 is 0 Å². The molecule has 0 aromatic heterocycles. The Morgan fingerprint density at radius 3 is 2.67 bits per heavy atom. The van der Waals surface area contributed by atoms with Crippen molar-refractivity contribution in [1.29, 1.82) is 0 Å². The molecule has 1 aliphatic heterocycles. The summed E-state index contributed by atoms with van der Waals surface area (Å²) in [7, 11) is 1.58. The lowest BCUT2D eigenvalue weighted by Gasteiger charge is -2.13. The second kappa shape index (κ2) is 8.30. The van der Waals surface area contributed by atoms with Crippen LogP contribution < -0.4 is 15.4 Å². The molecule has 1 saturated heterocycles. The summed E-state index contributed by atoms with van der Waals surface area (Å²) in [5.41, 5.74) is 0.973. The fourth-order valence-corrected chi connectivity index (χ4v) is 2.41. The Bertz CT molecular complexity index is 602. The van der Waals surface area contributed by atoms with E-state index in [1.54, 1.807) is 7.11 Å². The SMILES string of the molecule is COc1ccc(CCN2C(=O)NC(CC(=O)NCCO)C2=O)cc1. The van der Waals surface area contributed by atoms with Crippen molar-refractivity contribution < 1.29 is 24.2 Å². The van der Waals surface area contributed by atoms with Gasteiger partial charge in [-0.2, -0.15) is 0 Å². The van der Waals surface area contributed by atoms with Gasteiger partial charge in [-0.3, -0.25) is 14.5 Å². The van der Waals surface area contributed by atoms with Crippen molar-refractivity contribution in [3.8, 4) is 5.75 Å². The van der Waals surface area contributed by atoms with E-state index in [0.717, 1.165) is 16.2 Å². The van der Waals surface area contributed by atoms with E-state index in [4.69, 9.17) is 9.84 Å². The summed E-state index contributed by atoms with van der Waals surface area (Å²) in [6.45, 7) is 0.186. The summed E-state index contributed by atoms with van der Waals surface area (Å²) in [5, 5.41) is 13.6. The largest absolute Gasteiger partial charge is 0.497 e. The third-order valence-corrected chi connectivity index (χ3v) is 3.71. The highest BCUT2D eigenvalue weighted by Crippen LogP contribution is 2.14. The van der Waals surface area contributed by atoms with Gasteiger partial charge in [0.25, 0.3) is 5.91 Å². The van der Waals surface area contributed by atoms with Crippen molar-refractivity contribution in [3.63, 3.8) is 0 Å². The van der Waals surface area contributed by atoms with Crippen LogP contribution in [0.15, 0.2) is 24.3 Å². The fraction of sp³-hybridized carbons (Fsp3) is 0.438. The van der Waals surface area contributed by atoms with E-state index in [-0.39, 0.29) is 32.0 Å². The lowest BCUT2D eigenvalue weighted by molar-refractivity contribution is -0.130. The number of urea groups is 1. The Morgan fingerprint density at radius 2 is 2.04 bits per heavy atom. The molecule has 0 aliphatic carbocycles. The molecule has 3 N–H and O–H groups in total. The minimum Gasteiger partial charge on any atom is -0.497 e. The lowest BCUT2D eigenvalue weighted by Crippen LogP contribution is -2.37. The minimum absolute atomic E-state index is 0.120. The van der Waals surface area contributed by atoms with Gasteiger partial charge in [-0.05, 0) is 24.1 Å². The van der Waals surface area contributed by atoms with Crippen LogP contribution in [0.4, 0.5) is 4.79 Å². The standard InChI is InChI=1S/C16H21N3O5/c1-24-12-4-2-11(3-5-12)6-8-19-15(22)13(18-16(19)23)10-14(21)17-7-9-20/h2-5,13,20H,6-10H2,1H3,(H,17,21)(H,18,23). The van der Waals surface area contributed by atoms with Gasteiger partial charge in [0, 0.05) is 13.1 Å². The Labute approximate surface area is 139 Å². The molecule has 0 bridgehead atoms. The van der Waals surface area contributed by atoms with E-state index in [1.807, 2.05) is 24.3 Å². The van der Waals surface area contributed by atoms with Gasteiger partial charge >= 0.3 is 6.03 Å². The first-order valence-electron chi connectivity index (χ1n) is 7.67. The zero-order valence-corrected chi connectivity index (χ0v) is 13.4. The van der Waals surface area contributed by atoms with E-state index in [1.165, 1.54) is 0 Å². The van der Waals surface area contributed by atoms with Gasteiger partial charge in [-0.1, -0.05) is 12.1 Å². The zero-order valence-electron chi connectivity index (χ0n) is 13.4. The number of aliphatic hydroxyl groups is 1. The molecular weight excluding hydrogens is 314 g/mol. The molecule has 8 nitrogen and oxygen atoms in total. The Balaban J connectivity index is 1.87. The average Bonchev–Trinajstić information content (AvgIpc) is 2.85. The van der Waals surface area contributed by atoms with Crippen molar-refractivity contribution >= 4 is 17.8 Å². The maximum atomic E-state index is 12.2. The first-order valence-corrected chi connectivity index (χ1v) is 7.67. The van der Waals surface area contributed by atoms with E-state index in [2.05, 4.69) is 10.6 Å². The molecule has 4 amide bonds. The number of imide groups is 1. The number of rotatable bonds is 8. The molecule has 1 aliphatic rings. The first-order chi connectivity index (χ1) is 11.5. The van der Waals surface area contributed by atoms with Gasteiger partial charge in [0.2, 0.25) is 5.91 Å². The average molecular weight is 335 g/mol. The number of hydrogen-bond acceptors (Lipinski definition) is 5. The fourth-order valence-electron chi connectivity index (χ4n) is 2.41. The van der Waals surface area contributed by atoms with Gasteiger partial charge in [0.05, 0.1) is 20.1 Å². The maximum Gasteiger partial charge on any atom is 0.324 e. The molecule has 1 heterocycles. The minimum atomic E-state index is -0.855. The highest BCUT2D eigenvalue weighted by Gasteiger charge is 2.38. The summed E-state index contributed by atoms with van der Waals surface area (Å²) in [6.07, 6.45) is 0.385. The van der Waals surface area contributed by atoms with Crippen molar-refractivity contribution in [3.05, 3.63) is 29.8 Å². The number of methoxy groups -OCH3 is 1. The third kappa shape index (κ3) is 4.45. The summed E-state index contributed by atoms with van der Waals surface area (Å²) in [6, 6.07) is 6.03. The molecule has 2 rings (SSSR count). The molecule has 1 aromatic rings. The van der Waals surface area contributed by atoms with Crippen LogP contribution in [0.2, 0.25) is 0 Å². The van der Waals surface area contributed by atoms with Crippen LogP contribution in [-0.2, 0) is 16.0 Å². The summed E-state index contributed by atoms with van der Waals surface area (Å²) >= 11 is 0. The van der Waals surface area contributed by atoms with Crippen LogP contribution in [-0.4, -0.2) is 60.7 Å². The molecule has 1 aromatic carbocycles. The van der Waals surface area contributed by atoms with Gasteiger partial charge in [0.1, 0.15) is 11.8 Å². The van der Waals surface area contributed by atoms with Crippen LogP contribution in [0.1, 0.15) is 12.0 Å². The van der Waals surface area contributed by atoms with Crippen molar-refractivity contribution in [2.75, 3.05) is 26.8 Å².